The SMILES string of the molecule is Cc1ccccc1C(=O)N1CCC(C(=O)N[C@H](C)CCc2ccccc2)CC1. The van der Waals surface area contributed by atoms with Gasteiger partial charge in [-0.3, -0.25) is 9.59 Å². The van der Waals surface area contributed by atoms with Crippen LogP contribution in [0.1, 0.15) is 47.7 Å². The van der Waals surface area contributed by atoms with Gasteiger partial charge < -0.3 is 10.2 Å². The Morgan fingerprint density at radius 1 is 1.04 bits per heavy atom. The summed E-state index contributed by atoms with van der Waals surface area (Å²) in [5.74, 6) is 0.205. The second-order valence-corrected chi connectivity index (χ2v) is 7.82. The molecule has 2 aromatic rings. The zero-order valence-corrected chi connectivity index (χ0v) is 16.9. The summed E-state index contributed by atoms with van der Waals surface area (Å²) in [5.41, 5.74) is 3.06. The molecule has 1 saturated heterocycles. The van der Waals surface area contributed by atoms with Gasteiger partial charge in [-0.1, -0.05) is 48.5 Å². The summed E-state index contributed by atoms with van der Waals surface area (Å²) in [6.45, 7) is 5.31. The fourth-order valence-corrected chi connectivity index (χ4v) is 3.79. The quantitative estimate of drug-likeness (QED) is 0.826. The Kier molecular flexibility index (Phi) is 6.85. The second kappa shape index (κ2) is 9.54. The highest BCUT2D eigenvalue weighted by Crippen LogP contribution is 2.21. The van der Waals surface area contributed by atoms with Crippen LogP contribution < -0.4 is 5.32 Å². The molecule has 0 aromatic heterocycles. The highest BCUT2D eigenvalue weighted by molar-refractivity contribution is 5.95. The van der Waals surface area contributed by atoms with E-state index in [1.165, 1.54) is 5.56 Å². The lowest BCUT2D eigenvalue weighted by Gasteiger charge is -2.32. The first-order valence-corrected chi connectivity index (χ1v) is 10.2. The summed E-state index contributed by atoms with van der Waals surface area (Å²) in [4.78, 5) is 27.2. The zero-order chi connectivity index (χ0) is 19.9. The number of hydrogen-bond acceptors (Lipinski definition) is 2. The standard InChI is InChI=1S/C24H30N2O2/c1-18-8-6-7-11-22(18)24(28)26-16-14-21(15-17-26)23(27)25-19(2)12-13-20-9-4-3-5-10-20/h3-11,19,21H,12-17H2,1-2H3,(H,25,27)/t19-/m1/s1. The maximum absolute atomic E-state index is 12.7. The Balaban J connectivity index is 1.44. The summed E-state index contributed by atoms with van der Waals surface area (Å²) >= 11 is 0. The molecule has 1 atom stereocenters. The van der Waals surface area contributed by atoms with Crippen molar-refractivity contribution in [3.63, 3.8) is 0 Å². The number of nitrogens with zero attached hydrogens (tertiary/aromatic N) is 1. The monoisotopic (exact) mass is 378 g/mol. The molecule has 28 heavy (non-hydrogen) atoms. The van der Waals surface area contributed by atoms with E-state index in [1.807, 2.05) is 54.3 Å². The molecule has 2 aromatic carbocycles. The summed E-state index contributed by atoms with van der Waals surface area (Å²) < 4.78 is 0. The minimum Gasteiger partial charge on any atom is -0.353 e. The van der Waals surface area contributed by atoms with Crippen molar-refractivity contribution in [3.8, 4) is 0 Å². The molecule has 0 aliphatic carbocycles. The van der Waals surface area contributed by atoms with E-state index in [4.69, 9.17) is 0 Å². The molecule has 1 fully saturated rings. The number of aryl methyl sites for hydroxylation is 2. The molecule has 0 unspecified atom stereocenters. The Hall–Kier alpha value is -2.62. The molecule has 0 radical (unpaired) electrons. The van der Waals surface area contributed by atoms with Crippen LogP contribution in [0.5, 0.6) is 0 Å². The summed E-state index contributed by atoms with van der Waals surface area (Å²) in [6.07, 6.45) is 3.36. The van der Waals surface area contributed by atoms with Crippen LogP contribution in [0.4, 0.5) is 0 Å². The Morgan fingerprint density at radius 2 is 1.68 bits per heavy atom. The molecule has 3 rings (SSSR count). The summed E-state index contributed by atoms with van der Waals surface area (Å²) in [7, 11) is 0. The number of carbonyl (C=O) groups is 2. The van der Waals surface area contributed by atoms with Crippen molar-refractivity contribution in [1.82, 2.24) is 10.2 Å². The van der Waals surface area contributed by atoms with Crippen molar-refractivity contribution in [3.05, 3.63) is 71.3 Å². The van der Waals surface area contributed by atoms with Crippen LogP contribution in [-0.4, -0.2) is 35.8 Å². The van der Waals surface area contributed by atoms with Gasteiger partial charge in [-0.25, -0.2) is 0 Å². The molecule has 148 valence electrons. The average Bonchev–Trinajstić information content (AvgIpc) is 2.73. The van der Waals surface area contributed by atoms with Crippen molar-refractivity contribution >= 4 is 11.8 Å². The van der Waals surface area contributed by atoms with Crippen molar-refractivity contribution in [1.29, 1.82) is 0 Å². The van der Waals surface area contributed by atoms with Gasteiger partial charge in [0.2, 0.25) is 5.91 Å². The lowest BCUT2D eigenvalue weighted by molar-refractivity contribution is -0.126. The summed E-state index contributed by atoms with van der Waals surface area (Å²) in [5, 5.41) is 3.16. The Morgan fingerprint density at radius 3 is 2.36 bits per heavy atom. The molecule has 1 N–H and O–H groups in total. The van der Waals surface area contributed by atoms with Crippen molar-refractivity contribution in [2.24, 2.45) is 5.92 Å². The van der Waals surface area contributed by atoms with Gasteiger partial charge in [0.25, 0.3) is 5.91 Å². The number of rotatable bonds is 6. The molecular formula is C24H30N2O2. The predicted octanol–water partition coefficient (Wildman–Crippen LogP) is 3.98. The largest absolute Gasteiger partial charge is 0.353 e. The highest BCUT2D eigenvalue weighted by Gasteiger charge is 2.28. The van der Waals surface area contributed by atoms with Crippen LogP contribution in [0, 0.1) is 12.8 Å². The third-order valence-corrected chi connectivity index (χ3v) is 5.63. The van der Waals surface area contributed by atoms with E-state index in [2.05, 4.69) is 24.4 Å². The van der Waals surface area contributed by atoms with Crippen LogP contribution >= 0.6 is 0 Å². The third kappa shape index (κ3) is 5.22. The predicted molar refractivity (Wildman–Crippen MR) is 112 cm³/mol. The Bertz CT molecular complexity index is 795. The van der Waals surface area contributed by atoms with E-state index in [9.17, 15) is 9.59 Å². The van der Waals surface area contributed by atoms with Crippen molar-refractivity contribution in [2.45, 2.75) is 45.6 Å². The van der Waals surface area contributed by atoms with E-state index < -0.39 is 0 Å². The normalized spacial score (nSPS) is 15.9. The van der Waals surface area contributed by atoms with E-state index in [0.29, 0.717) is 13.1 Å². The van der Waals surface area contributed by atoms with Crippen molar-refractivity contribution < 1.29 is 9.59 Å². The van der Waals surface area contributed by atoms with Gasteiger partial charge in [-0.15, -0.1) is 0 Å². The van der Waals surface area contributed by atoms with Crippen LogP contribution in [0.15, 0.2) is 54.6 Å². The molecule has 4 heteroatoms. The first kappa shape index (κ1) is 20.1. The van der Waals surface area contributed by atoms with Gasteiger partial charge >= 0.3 is 0 Å². The third-order valence-electron chi connectivity index (χ3n) is 5.63. The number of carbonyl (C=O) groups excluding carboxylic acids is 2. The molecule has 1 aliphatic heterocycles. The highest BCUT2D eigenvalue weighted by atomic mass is 16.2. The van der Waals surface area contributed by atoms with E-state index in [-0.39, 0.29) is 23.8 Å². The maximum Gasteiger partial charge on any atom is 0.254 e. The number of hydrogen-bond donors (Lipinski definition) is 1. The summed E-state index contributed by atoms with van der Waals surface area (Å²) in [6, 6.07) is 18.2. The number of likely N-dealkylation sites (tertiary alicyclic amines) is 1. The van der Waals surface area contributed by atoms with Crippen LogP contribution in [0.2, 0.25) is 0 Å². The van der Waals surface area contributed by atoms with Crippen LogP contribution in [0.25, 0.3) is 0 Å². The van der Waals surface area contributed by atoms with Gasteiger partial charge in [-0.2, -0.15) is 0 Å². The number of benzene rings is 2. The molecular weight excluding hydrogens is 348 g/mol. The van der Waals surface area contributed by atoms with E-state index >= 15 is 0 Å². The average molecular weight is 379 g/mol. The topological polar surface area (TPSA) is 49.4 Å². The van der Waals surface area contributed by atoms with Crippen molar-refractivity contribution in [2.75, 3.05) is 13.1 Å². The number of piperidine rings is 1. The Labute approximate surface area is 167 Å². The van der Waals surface area contributed by atoms with E-state index in [1.54, 1.807) is 0 Å². The molecule has 4 nitrogen and oxygen atoms in total. The minimum absolute atomic E-state index is 0.0000885. The fourth-order valence-electron chi connectivity index (χ4n) is 3.79. The second-order valence-electron chi connectivity index (χ2n) is 7.82. The molecule has 1 heterocycles. The number of amides is 2. The molecule has 0 saturated carbocycles. The van der Waals surface area contributed by atoms with Crippen LogP contribution in [0.3, 0.4) is 0 Å². The molecule has 1 aliphatic rings. The minimum atomic E-state index is 0.0000885. The smallest absolute Gasteiger partial charge is 0.254 e. The lowest BCUT2D eigenvalue weighted by atomic mass is 9.94. The maximum atomic E-state index is 12.7. The van der Waals surface area contributed by atoms with Gasteiger partial charge in [0, 0.05) is 30.6 Å². The lowest BCUT2D eigenvalue weighted by Crippen LogP contribution is -2.45. The first-order valence-electron chi connectivity index (χ1n) is 10.2. The van der Waals surface area contributed by atoms with Gasteiger partial charge in [0.15, 0.2) is 0 Å². The molecule has 0 spiro atoms. The number of nitrogens with one attached hydrogen (secondary N) is 1. The van der Waals surface area contributed by atoms with Gasteiger partial charge in [0.1, 0.15) is 0 Å². The first-order chi connectivity index (χ1) is 13.5. The van der Waals surface area contributed by atoms with E-state index in [0.717, 1.165) is 36.8 Å². The fraction of sp³-hybridized carbons (Fsp3) is 0.417. The molecule has 2 amide bonds. The zero-order valence-electron chi connectivity index (χ0n) is 16.9. The van der Waals surface area contributed by atoms with Crippen LogP contribution in [-0.2, 0) is 11.2 Å². The van der Waals surface area contributed by atoms with Gasteiger partial charge in [-0.05, 0) is 56.7 Å². The molecule has 0 bridgehead atoms. The van der Waals surface area contributed by atoms with Gasteiger partial charge in [0.05, 0.1) is 0 Å².